The minimum absolute atomic E-state index is 0.359. The van der Waals surface area contributed by atoms with Gasteiger partial charge in [-0.1, -0.05) is 23.4 Å². The molecule has 0 saturated carbocycles. The molecule has 3 rings (SSSR count). The predicted molar refractivity (Wildman–Crippen MR) is 95.6 cm³/mol. The molecule has 1 heterocycles. The summed E-state index contributed by atoms with van der Waals surface area (Å²) in [6.45, 7) is 3.33. The molecule has 0 spiro atoms. The number of aryl methyl sites for hydroxylation is 1. The molecular formula is C17H14IN3O2. The van der Waals surface area contributed by atoms with Gasteiger partial charge >= 0.3 is 5.97 Å². The lowest BCUT2D eigenvalue weighted by Gasteiger charge is -2.07. The van der Waals surface area contributed by atoms with Crippen LogP contribution >= 0.6 is 22.6 Å². The van der Waals surface area contributed by atoms with Gasteiger partial charge in [-0.25, -0.2) is 4.68 Å². The minimum Gasteiger partial charge on any atom is -0.426 e. The molecule has 0 N–H and O–H groups in total. The van der Waals surface area contributed by atoms with E-state index in [1.807, 2.05) is 55.6 Å². The lowest BCUT2D eigenvalue weighted by molar-refractivity contribution is -0.131. The number of carbonyl (C=O) groups excluding carboxylic acids is 1. The third-order valence-electron chi connectivity index (χ3n) is 3.26. The molecule has 0 fully saturated rings. The molecule has 0 atom stereocenters. The van der Waals surface area contributed by atoms with E-state index in [1.165, 1.54) is 6.92 Å². The molecule has 6 heteroatoms. The topological polar surface area (TPSA) is 57.0 Å². The smallest absolute Gasteiger partial charge is 0.308 e. The molecule has 2 aromatic carbocycles. The Labute approximate surface area is 147 Å². The zero-order chi connectivity index (χ0) is 16.4. The fraction of sp³-hybridized carbons (Fsp3) is 0.118. The van der Waals surface area contributed by atoms with Gasteiger partial charge < -0.3 is 4.74 Å². The van der Waals surface area contributed by atoms with Crippen molar-refractivity contribution in [3.05, 3.63) is 57.8 Å². The largest absolute Gasteiger partial charge is 0.426 e. The number of carbonyl (C=O) groups is 1. The van der Waals surface area contributed by atoms with Gasteiger partial charge in [-0.2, -0.15) is 0 Å². The Morgan fingerprint density at radius 2 is 2.00 bits per heavy atom. The van der Waals surface area contributed by atoms with Gasteiger partial charge in [0, 0.05) is 16.1 Å². The number of para-hydroxylation sites is 1. The van der Waals surface area contributed by atoms with Crippen LogP contribution in [0, 0.1) is 10.5 Å². The highest BCUT2D eigenvalue weighted by atomic mass is 127. The number of nitrogens with zero attached hydrogens (tertiary/aromatic N) is 3. The highest BCUT2D eigenvalue weighted by Gasteiger charge is 2.13. The highest BCUT2D eigenvalue weighted by molar-refractivity contribution is 14.1. The molecule has 3 aromatic rings. The van der Waals surface area contributed by atoms with Crippen molar-refractivity contribution in [3.63, 3.8) is 0 Å². The molecule has 0 aliphatic rings. The van der Waals surface area contributed by atoms with Crippen LogP contribution in [0.25, 0.3) is 16.9 Å². The van der Waals surface area contributed by atoms with Gasteiger partial charge in [-0.05, 0) is 59.3 Å². The maximum Gasteiger partial charge on any atom is 0.308 e. The summed E-state index contributed by atoms with van der Waals surface area (Å²) in [7, 11) is 0. The van der Waals surface area contributed by atoms with E-state index in [2.05, 4.69) is 32.9 Å². The van der Waals surface area contributed by atoms with E-state index in [1.54, 1.807) is 4.68 Å². The van der Waals surface area contributed by atoms with Crippen LogP contribution < -0.4 is 4.74 Å². The molecule has 0 unspecified atom stereocenters. The lowest BCUT2D eigenvalue weighted by Crippen LogP contribution is -2.03. The van der Waals surface area contributed by atoms with Crippen LogP contribution in [0.5, 0.6) is 5.75 Å². The van der Waals surface area contributed by atoms with Crippen LogP contribution in [-0.2, 0) is 4.79 Å². The van der Waals surface area contributed by atoms with E-state index >= 15 is 0 Å². The van der Waals surface area contributed by atoms with Gasteiger partial charge in [0.1, 0.15) is 11.4 Å². The first-order valence-electron chi connectivity index (χ1n) is 7.01. The second kappa shape index (κ2) is 6.49. The number of aromatic nitrogens is 3. The van der Waals surface area contributed by atoms with Crippen molar-refractivity contribution >= 4 is 28.6 Å². The Hall–Kier alpha value is -2.22. The lowest BCUT2D eigenvalue weighted by atomic mass is 10.1. The van der Waals surface area contributed by atoms with E-state index in [0.29, 0.717) is 11.4 Å². The van der Waals surface area contributed by atoms with Crippen LogP contribution in [-0.4, -0.2) is 21.0 Å². The summed E-state index contributed by atoms with van der Waals surface area (Å²) in [5.74, 6) is 0.133. The van der Waals surface area contributed by atoms with E-state index in [0.717, 1.165) is 20.4 Å². The van der Waals surface area contributed by atoms with Crippen LogP contribution in [0.2, 0.25) is 0 Å². The van der Waals surface area contributed by atoms with E-state index in [9.17, 15) is 4.79 Å². The number of halogens is 1. The van der Waals surface area contributed by atoms with Crippen LogP contribution in [0.15, 0.2) is 48.7 Å². The van der Waals surface area contributed by atoms with Gasteiger partial charge in [0.15, 0.2) is 0 Å². The van der Waals surface area contributed by atoms with Gasteiger partial charge in [0.2, 0.25) is 0 Å². The molecule has 0 saturated heterocycles. The Kier molecular flexibility index (Phi) is 4.42. The zero-order valence-corrected chi connectivity index (χ0v) is 14.8. The standard InChI is InChI=1S/C17H14IN3O2/c1-11-7-8-13(17(9-11)23-12(2)22)15-10-21(20-19-15)16-6-4-3-5-14(16)18/h3-10H,1-2H3. The fourth-order valence-electron chi connectivity index (χ4n) is 2.22. The Balaban J connectivity index is 2.04. The molecule has 0 radical (unpaired) electrons. The van der Waals surface area contributed by atoms with Crippen molar-refractivity contribution in [2.75, 3.05) is 0 Å². The third-order valence-corrected chi connectivity index (χ3v) is 4.17. The molecule has 5 nitrogen and oxygen atoms in total. The second-order valence-corrected chi connectivity index (χ2v) is 6.26. The molecule has 0 bridgehead atoms. The van der Waals surface area contributed by atoms with Gasteiger partial charge in [0.25, 0.3) is 0 Å². The maximum absolute atomic E-state index is 11.3. The van der Waals surface area contributed by atoms with E-state index in [-0.39, 0.29) is 5.97 Å². The molecule has 1 aromatic heterocycles. The summed E-state index contributed by atoms with van der Waals surface area (Å²) >= 11 is 2.26. The first-order chi connectivity index (χ1) is 11.0. The van der Waals surface area contributed by atoms with E-state index in [4.69, 9.17) is 4.74 Å². The van der Waals surface area contributed by atoms with Gasteiger partial charge in [-0.3, -0.25) is 4.79 Å². The molecule has 23 heavy (non-hydrogen) atoms. The van der Waals surface area contributed by atoms with Crippen molar-refractivity contribution in [1.29, 1.82) is 0 Å². The van der Waals surface area contributed by atoms with Crippen molar-refractivity contribution in [1.82, 2.24) is 15.0 Å². The quantitative estimate of drug-likeness (QED) is 0.369. The number of hydrogen-bond acceptors (Lipinski definition) is 4. The molecular weight excluding hydrogens is 405 g/mol. The highest BCUT2D eigenvalue weighted by Crippen LogP contribution is 2.30. The third kappa shape index (κ3) is 3.42. The summed E-state index contributed by atoms with van der Waals surface area (Å²) in [6.07, 6.45) is 1.83. The first-order valence-corrected chi connectivity index (χ1v) is 8.09. The van der Waals surface area contributed by atoms with Gasteiger partial charge in [-0.15, -0.1) is 5.10 Å². The summed E-state index contributed by atoms with van der Waals surface area (Å²) in [5.41, 5.74) is 3.35. The normalized spacial score (nSPS) is 10.6. The average molecular weight is 419 g/mol. The summed E-state index contributed by atoms with van der Waals surface area (Å²) < 4.78 is 8.09. The second-order valence-electron chi connectivity index (χ2n) is 5.09. The SMILES string of the molecule is CC(=O)Oc1cc(C)ccc1-c1cn(-c2ccccc2I)nn1. The average Bonchev–Trinajstić information content (AvgIpc) is 2.96. The van der Waals surface area contributed by atoms with Crippen LogP contribution in [0.4, 0.5) is 0 Å². The predicted octanol–water partition coefficient (Wildman–Crippen LogP) is 3.77. The zero-order valence-electron chi connectivity index (χ0n) is 12.7. The fourth-order valence-corrected chi connectivity index (χ4v) is 2.86. The van der Waals surface area contributed by atoms with Crippen LogP contribution in [0.3, 0.4) is 0 Å². The van der Waals surface area contributed by atoms with E-state index < -0.39 is 0 Å². The number of ether oxygens (including phenoxy) is 1. The maximum atomic E-state index is 11.3. The Morgan fingerprint density at radius 3 is 2.74 bits per heavy atom. The number of esters is 1. The van der Waals surface area contributed by atoms with Crippen molar-refractivity contribution < 1.29 is 9.53 Å². The van der Waals surface area contributed by atoms with Gasteiger partial charge in [0.05, 0.1) is 11.9 Å². The molecule has 0 aliphatic carbocycles. The van der Waals surface area contributed by atoms with Crippen molar-refractivity contribution in [2.45, 2.75) is 13.8 Å². The Morgan fingerprint density at radius 1 is 1.22 bits per heavy atom. The molecule has 0 amide bonds. The summed E-state index contributed by atoms with van der Waals surface area (Å²) in [6, 6.07) is 13.6. The number of benzene rings is 2. The minimum atomic E-state index is -0.359. The number of hydrogen-bond donors (Lipinski definition) is 0. The number of rotatable bonds is 3. The van der Waals surface area contributed by atoms with Crippen molar-refractivity contribution in [2.24, 2.45) is 0 Å². The summed E-state index contributed by atoms with van der Waals surface area (Å²) in [4.78, 5) is 11.3. The van der Waals surface area contributed by atoms with Crippen LogP contribution in [0.1, 0.15) is 12.5 Å². The monoisotopic (exact) mass is 419 g/mol. The first kappa shape index (κ1) is 15.7. The molecule has 0 aliphatic heterocycles. The summed E-state index contributed by atoms with van der Waals surface area (Å²) in [5, 5.41) is 8.41. The van der Waals surface area contributed by atoms with Crippen molar-refractivity contribution in [3.8, 4) is 22.7 Å². The molecule has 116 valence electrons. The Bertz CT molecular complexity index is 874.